The third-order valence-corrected chi connectivity index (χ3v) is 7.47. The summed E-state index contributed by atoms with van der Waals surface area (Å²) in [6.07, 6.45) is 2.82. The Morgan fingerprint density at radius 2 is 1.72 bits per heavy atom. The Kier molecular flexibility index (Phi) is 6.32. The minimum Gasteiger partial charge on any atom is -0.477 e. The molecule has 1 fully saturated rings. The molecule has 0 radical (unpaired) electrons. The van der Waals surface area contributed by atoms with E-state index >= 15 is 0 Å². The quantitative estimate of drug-likeness (QED) is 0.490. The molecule has 0 aliphatic carbocycles. The van der Waals surface area contributed by atoms with Crippen LogP contribution in [0.1, 0.15) is 36.5 Å². The van der Waals surface area contributed by atoms with E-state index in [4.69, 9.17) is 9.72 Å². The summed E-state index contributed by atoms with van der Waals surface area (Å²) >= 11 is 0. The molecule has 0 N–H and O–H groups in total. The molecule has 1 saturated heterocycles. The van der Waals surface area contributed by atoms with Crippen molar-refractivity contribution in [1.82, 2.24) is 4.98 Å². The summed E-state index contributed by atoms with van der Waals surface area (Å²) in [5.74, 6) is 1.42. The average Bonchev–Trinajstić information content (AvgIpc) is 2.93. The fraction of sp³-hybridized carbons (Fsp3) is 0.333. The molecule has 2 aliphatic heterocycles. The number of anilines is 1. The maximum Gasteiger partial charge on any atom is 0.234 e. The monoisotopic (exact) mass is 473 g/mol. The lowest BCUT2D eigenvalue weighted by atomic mass is 9.67. The number of ether oxygens (including phenoxy) is 1. The van der Waals surface area contributed by atoms with Crippen LogP contribution in [0, 0.1) is 45.3 Å². The van der Waals surface area contributed by atoms with Gasteiger partial charge in [0.2, 0.25) is 5.88 Å². The van der Waals surface area contributed by atoms with E-state index in [1.165, 1.54) is 5.56 Å². The van der Waals surface area contributed by atoms with Gasteiger partial charge in [-0.25, -0.2) is 0 Å². The molecule has 0 amide bonds. The van der Waals surface area contributed by atoms with Crippen LogP contribution >= 0.6 is 0 Å². The molecule has 3 heterocycles. The van der Waals surface area contributed by atoms with Gasteiger partial charge in [0.25, 0.3) is 0 Å². The molecule has 0 saturated carbocycles. The second-order valence-corrected chi connectivity index (χ2v) is 9.54. The lowest BCUT2D eigenvalue weighted by Gasteiger charge is -2.49. The van der Waals surface area contributed by atoms with E-state index in [0.717, 1.165) is 36.2 Å². The first-order valence-electron chi connectivity index (χ1n) is 12.4. The minimum absolute atomic E-state index is 0.229. The van der Waals surface area contributed by atoms with E-state index in [0.29, 0.717) is 36.1 Å². The number of fused-ring (bicyclic) bond motifs is 3. The van der Waals surface area contributed by atoms with Gasteiger partial charge < -0.3 is 9.64 Å². The van der Waals surface area contributed by atoms with Crippen molar-refractivity contribution in [3.8, 4) is 35.2 Å². The Bertz CT molecular complexity index is 1370. The highest BCUT2D eigenvalue weighted by Gasteiger charge is 2.51. The lowest BCUT2D eigenvalue weighted by molar-refractivity contribution is 0.245. The highest BCUT2D eigenvalue weighted by atomic mass is 16.5. The summed E-state index contributed by atoms with van der Waals surface area (Å²) in [6.45, 7) is 2.95. The molecule has 178 valence electrons. The standard InChI is InChI=1S/C30H27N5O/c1-2-36-29-25(18-31)27(23-11-7-4-8-12-23)24-17-30(19-32,20-33)26-16-22(13-14-35(26)28(24)34-29)15-21-9-5-3-6-10-21/h3-12,22,26H,2,13-17H2,1H3/t22-,26+/m0/s1. The normalized spacial score (nSPS) is 19.7. The maximum absolute atomic E-state index is 10.4. The van der Waals surface area contributed by atoms with Crippen molar-refractivity contribution in [2.75, 3.05) is 18.1 Å². The number of piperidine rings is 1. The number of aromatic nitrogens is 1. The molecule has 2 aliphatic rings. The average molecular weight is 474 g/mol. The molecule has 6 nitrogen and oxygen atoms in total. The minimum atomic E-state index is -1.23. The summed E-state index contributed by atoms with van der Waals surface area (Å²) < 4.78 is 5.85. The van der Waals surface area contributed by atoms with Gasteiger partial charge in [-0.2, -0.15) is 20.8 Å². The van der Waals surface area contributed by atoms with Crippen LogP contribution in [-0.2, 0) is 12.8 Å². The first-order chi connectivity index (χ1) is 17.6. The molecule has 5 rings (SSSR count). The van der Waals surface area contributed by atoms with Crippen LogP contribution in [0.15, 0.2) is 60.7 Å². The second-order valence-electron chi connectivity index (χ2n) is 9.54. The van der Waals surface area contributed by atoms with Crippen molar-refractivity contribution in [2.24, 2.45) is 11.3 Å². The molecule has 2 aromatic carbocycles. The number of nitrogens with zero attached hydrogens (tertiary/aromatic N) is 5. The van der Waals surface area contributed by atoms with Gasteiger partial charge in [-0.15, -0.1) is 0 Å². The number of rotatable bonds is 5. The van der Waals surface area contributed by atoms with Crippen LogP contribution in [-0.4, -0.2) is 24.2 Å². The second kappa shape index (κ2) is 9.73. The van der Waals surface area contributed by atoms with Gasteiger partial charge >= 0.3 is 0 Å². The van der Waals surface area contributed by atoms with Gasteiger partial charge in [-0.3, -0.25) is 0 Å². The van der Waals surface area contributed by atoms with E-state index in [2.05, 4.69) is 35.2 Å². The van der Waals surface area contributed by atoms with Gasteiger partial charge in [-0.05, 0) is 43.2 Å². The highest BCUT2D eigenvalue weighted by Crippen LogP contribution is 2.50. The molecule has 3 aromatic rings. The van der Waals surface area contributed by atoms with Crippen molar-refractivity contribution >= 4 is 5.82 Å². The zero-order chi connectivity index (χ0) is 25.1. The molecule has 1 aromatic heterocycles. The Labute approximate surface area is 212 Å². The molecule has 0 unspecified atom stereocenters. The van der Waals surface area contributed by atoms with Crippen molar-refractivity contribution in [1.29, 1.82) is 15.8 Å². The van der Waals surface area contributed by atoms with E-state index in [1.54, 1.807) is 0 Å². The van der Waals surface area contributed by atoms with E-state index in [-0.39, 0.29) is 12.5 Å². The van der Waals surface area contributed by atoms with Crippen LogP contribution in [0.5, 0.6) is 5.88 Å². The zero-order valence-corrected chi connectivity index (χ0v) is 20.3. The van der Waals surface area contributed by atoms with Crippen molar-refractivity contribution in [2.45, 2.75) is 38.6 Å². The van der Waals surface area contributed by atoms with E-state index in [9.17, 15) is 15.8 Å². The van der Waals surface area contributed by atoms with Crippen LogP contribution in [0.2, 0.25) is 0 Å². The Morgan fingerprint density at radius 3 is 2.36 bits per heavy atom. The molecule has 2 atom stereocenters. The molecule has 6 heteroatoms. The third kappa shape index (κ3) is 3.94. The van der Waals surface area contributed by atoms with Crippen LogP contribution in [0.25, 0.3) is 11.1 Å². The number of nitriles is 3. The van der Waals surface area contributed by atoms with Crippen molar-refractivity contribution in [3.63, 3.8) is 0 Å². The van der Waals surface area contributed by atoms with Crippen molar-refractivity contribution < 1.29 is 4.74 Å². The predicted molar refractivity (Wildman–Crippen MR) is 137 cm³/mol. The number of benzene rings is 2. The topological polar surface area (TPSA) is 96.7 Å². The maximum atomic E-state index is 10.4. The lowest BCUT2D eigenvalue weighted by Crippen LogP contribution is -2.56. The van der Waals surface area contributed by atoms with E-state index in [1.807, 2.05) is 55.5 Å². The largest absolute Gasteiger partial charge is 0.477 e. The Hall–Kier alpha value is -4.34. The zero-order valence-electron chi connectivity index (χ0n) is 20.3. The summed E-state index contributed by atoms with van der Waals surface area (Å²) in [6, 6.07) is 26.9. The summed E-state index contributed by atoms with van der Waals surface area (Å²) in [5, 5.41) is 30.9. The van der Waals surface area contributed by atoms with Gasteiger partial charge in [-0.1, -0.05) is 60.7 Å². The number of hydrogen-bond donors (Lipinski definition) is 0. The van der Waals surface area contributed by atoms with Crippen LogP contribution in [0.4, 0.5) is 5.82 Å². The van der Waals surface area contributed by atoms with Gasteiger partial charge in [0.15, 0.2) is 5.41 Å². The Balaban J connectivity index is 1.65. The SMILES string of the molecule is CCOc1nc2c(c(-c3ccccc3)c1C#N)CC(C#N)(C#N)[C@H]1C[C@H](Cc3ccccc3)CCN21. The van der Waals surface area contributed by atoms with Crippen LogP contribution < -0.4 is 9.64 Å². The number of hydrogen-bond acceptors (Lipinski definition) is 6. The highest BCUT2D eigenvalue weighted by molar-refractivity contribution is 5.81. The molecular formula is C30H27N5O. The Morgan fingerprint density at radius 1 is 1.03 bits per heavy atom. The fourth-order valence-electron chi connectivity index (χ4n) is 5.80. The van der Waals surface area contributed by atoms with Crippen molar-refractivity contribution in [3.05, 3.63) is 77.4 Å². The first-order valence-corrected chi connectivity index (χ1v) is 12.4. The van der Waals surface area contributed by atoms with Gasteiger partial charge in [0, 0.05) is 24.1 Å². The fourth-order valence-corrected chi connectivity index (χ4v) is 5.80. The van der Waals surface area contributed by atoms with Gasteiger partial charge in [0.05, 0.1) is 24.8 Å². The van der Waals surface area contributed by atoms with Gasteiger partial charge in [0.1, 0.15) is 17.5 Å². The van der Waals surface area contributed by atoms with Crippen LogP contribution in [0.3, 0.4) is 0 Å². The summed E-state index contributed by atoms with van der Waals surface area (Å²) in [7, 11) is 0. The first kappa shape index (κ1) is 23.4. The van der Waals surface area contributed by atoms with E-state index < -0.39 is 5.41 Å². The summed E-state index contributed by atoms with van der Waals surface area (Å²) in [5.41, 5.74) is 2.74. The summed E-state index contributed by atoms with van der Waals surface area (Å²) in [4.78, 5) is 6.99. The molecule has 0 spiro atoms. The molecular weight excluding hydrogens is 446 g/mol. The molecule has 36 heavy (non-hydrogen) atoms. The molecule has 0 bridgehead atoms. The predicted octanol–water partition coefficient (Wildman–Crippen LogP) is 5.44. The smallest absolute Gasteiger partial charge is 0.234 e. The third-order valence-electron chi connectivity index (χ3n) is 7.47. The number of pyridine rings is 1.